The molecule has 0 aliphatic heterocycles. The molecule has 2 nitrogen and oxygen atoms in total. The second-order valence-corrected chi connectivity index (χ2v) is 6.54. The minimum atomic E-state index is 0.542. The molecule has 0 radical (unpaired) electrons. The lowest BCUT2D eigenvalue weighted by Gasteiger charge is -2.22. The highest BCUT2D eigenvalue weighted by atomic mass is 16.5. The molecule has 0 aromatic heterocycles. The Bertz CT molecular complexity index is 412. The molecule has 21 heavy (non-hydrogen) atoms. The number of benzene rings is 1. The molecule has 118 valence electrons. The molecule has 1 N–H and O–H groups in total. The number of nitrogens with one attached hydrogen (secondary N) is 1. The van der Waals surface area contributed by atoms with E-state index in [0.717, 1.165) is 26.1 Å². The molecular formula is C19H31NO. The molecule has 1 saturated carbocycles. The smallest absolute Gasteiger partial charge is 0.0575 e. The summed E-state index contributed by atoms with van der Waals surface area (Å²) in [4.78, 5) is 0. The van der Waals surface area contributed by atoms with Gasteiger partial charge in [-0.1, -0.05) is 37.0 Å². The van der Waals surface area contributed by atoms with Gasteiger partial charge in [0.1, 0.15) is 0 Å². The van der Waals surface area contributed by atoms with E-state index in [4.69, 9.17) is 4.74 Å². The van der Waals surface area contributed by atoms with Gasteiger partial charge in [-0.05, 0) is 63.3 Å². The Morgan fingerprint density at radius 3 is 2.38 bits per heavy atom. The molecule has 1 aromatic rings. The largest absolute Gasteiger partial charge is 0.378 e. The van der Waals surface area contributed by atoms with Crippen LogP contribution >= 0.6 is 0 Å². The van der Waals surface area contributed by atoms with Crippen molar-refractivity contribution in [1.82, 2.24) is 5.32 Å². The lowest BCUT2D eigenvalue weighted by atomic mass is 9.98. The van der Waals surface area contributed by atoms with Gasteiger partial charge in [0.2, 0.25) is 0 Å². The van der Waals surface area contributed by atoms with E-state index in [0.29, 0.717) is 6.10 Å². The summed E-state index contributed by atoms with van der Waals surface area (Å²) >= 11 is 0. The second kappa shape index (κ2) is 8.55. The third-order valence-electron chi connectivity index (χ3n) is 4.55. The lowest BCUT2D eigenvalue weighted by Crippen LogP contribution is -2.21. The van der Waals surface area contributed by atoms with Crippen LogP contribution in [0.4, 0.5) is 0 Å². The number of ether oxygens (including phenoxy) is 1. The quantitative estimate of drug-likeness (QED) is 0.749. The van der Waals surface area contributed by atoms with Crippen LogP contribution < -0.4 is 5.32 Å². The van der Waals surface area contributed by atoms with Crippen molar-refractivity contribution < 1.29 is 4.74 Å². The summed E-state index contributed by atoms with van der Waals surface area (Å²) in [5.74, 6) is 0. The lowest BCUT2D eigenvalue weighted by molar-refractivity contribution is 0.0273. The van der Waals surface area contributed by atoms with Crippen molar-refractivity contribution >= 4 is 0 Å². The first-order valence-electron chi connectivity index (χ1n) is 8.56. The molecule has 0 spiro atoms. The molecule has 0 unspecified atom stereocenters. The van der Waals surface area contributed by atoms with Gasteiger partial charge in [-0.25, -0.2) is 0 Å². The zero-order valence-electron chi connectivity index (χ0n) is 14.0. The number of hydrogen-bond donors (Lipinski definition) is 1. The highest BCUT2D eigenvalue weighted by Gasteiger charge is 2.12. The minimum absolute atomic E-state index is 0.542. The van der Waals surface area contributed by atoms with E-state index in [-0.39, 0.29) is 0 Å². The monoisotopic (exact) mass is 289 g/mol. The Balaban J connectivity index is 1.61. The fourth-order valence-electron chi connectivity index (χ4n) is 3.38. The van der Waals surface area contributed by atoms with E-state index < -0.39 is 0 Å². The zero-order chi connectivity index (χ0) is 15.1. The van der Waals surface area contributed by atoms with Crippen LogP contribution in [0.15, 0.2) is 12.1 Å². The normalized spacial score (nSPS) is 16.3. The van der Waals surface area contributed by atoms with Crippen LogP contribution in [-0.2, 0) is 11.3 Å². The number of hydrogen-bond acceptors (Lipinski definition) is 2. The van der Waals surface area contributed by atoms with Gasteiger partial charge in [0.25, 0.3) is 0 Å². The molecule has 1 fully saturated rings. The van der Waals surface area contributed by atoms with Crippen LogP contribution in [-0.4, -0.2) is 19.3 Å². The Kier molecular flexibility index (Phi) is 6.72. The fourth-order valence-corrected chi connectivity index (χ4v) is 3.38. The first-order chi connectivity index (χ1) is 10.2. The Morgan fingerprint density at radius 2 is 1.71 bits per heavy atom. The van der Waals surface area contributed by atoms with Crippen molar-refractivity contribution in [2.24, 2.45) is 0 Å². The molecular weight excluding hydrogens is 258 g/mol. The van der Waals surface area contributed by atoms with Crippen LogP contribution in [0.2, 0.25) is 0 Å². The maximum atomic E-state index is 5.96. The summed E-state index contributed by atoms with van der Waals surface area (Å²) in [6, 6.07) is 4.55. The van der Waals surface area contributed by atoms with Crippen LogP contribution in [0, 0.1) is 20.8 Å². The molecule has 1 aliphatic rings. The van der Waals surface area contributed by atoms with Crippen LogP contribution in [0.5, 0.6) is 0 Å². The van der Waals surface area contributed by atoms with Crippen LogP contribution in [0.25, 0.3) is 0 Å². The van der Waals surface area contributed by atoms with Crippen molar-refractivity contribution in [3.05, 3.63) is 34.4 Å². The van der Waals surface area contributed by atoms with Gasteiger partial charge < -0.3 is 10.1 Å². The van der Waals surface area contributed by atoms with Gasteiger partial charge in [-0.15, -0.1) is 0 Å². The summed E-state index contributed by atoms with van der Waals surface area (Å²) in [5, 5.41) is 3.56. The summed E-state index contributed by atoms with van der Waals surface area (Å²) in [7, 11) is 0. The molecule has 0 saturated heterocycles. The first-order valence-corrected chi connectivity index (χ1v) is 8.56. The average Bonchev–Trinajstić information content (AvgIpc) is 2.45. The molecule has 1 aromatic carbocycles. The summed E-state index contributed by atoms with van der Waals surface area (Å²) in [6.07, 6.45) is 8.31. The minimum Gasteiger partial charge on any atom is -0.378 e. The zero-order valence-corrected chi connectivity index (χ0v) is 14.0. The Morgan fingerprint density at radius 1 is 1.05 bits per heavy atom. The summed E-state index contributed by atoms with van der Waals surface area (Å²) < 4.78 is 5.96. The predicted octanol–water partition coefficient (Wildman–Crippen LogP) is 4.44. The van der Waals surface area contributed by atoms with Crippen molar-refractivity contribution in [3.8, 4) is 0 Å². The van der Waals surface area contributed by atoms with Gasteiger partial charge in [0.15, 0.2) is 0 Å². The third-order valence-corrected chi connectivity index (χ3v) is 4.55. The molecule has 1 aliphatic carbocycles. The van der Waals surface area contributed by atoms with E-state index >= 15 is 0 Å². The highest BCUT2D eigenvalue weighted by Crippen LogP contribution is 2.20. The summed E-state index contributed by atoms with van der Waals surface area (Å²) in [6.45, 7) is 9.51. The number of rotatable bonds is 7. The van der Waals surface area contributed by atoms with Crippen molar-refractivity contribution in [2.75, 3.05) is 13.2 Å². The Labute approximate surface area is 130 Å². The topological polar surface area (TPSA) is 21.3 Å². The van der Waals surface area contributed by atoms with Crippen LogP contribution in [0.1, 0.15) is 60.8 Å². The van der Waals surface area contributed by atoms with Crippen molar-refractivity contribution in [2.45, 2.75) is 71.9 Å². The van der Waals surface area contributed by atoms with Gasteiger partial charge in [-0.2, -0.15) is 0 Å². The first kappa shape index (κ1) is 16.5. The van der Waals surface area contributed by atoms with Crippen molar-refractivity contribution in [1.29, 1.82) is 0 Å². The molecule has 2 heteroatoms. The van der Waals surface area contributed by atoms with Gasteiger partial charge >= 0.3 is 0 Å². The van der Waals surface area contributed by atoms with E-state index in [1.165, 1.54) is 54.4 Å². The fraction of sp³-hybridized carbons (Fsp3) is 0.684. The Hall–Kier alpha value is -0.860. The van der Waals surface area contributed by atoms with E-state index in [2.05, 4.69) is 38.2 Å². The predicted molar refractivity (Wildman–Crippen MR) is 89.8 cm³/mol. The molecule has 2 rings (SSSR count). The van der Waals surface area contributed by atoms with Crippen LogP contribution in [0.3, 0.4) is 0 Å². The number of aryl methyl sites for hydroxylation is 3. The molecule has 0 atom stereocenters. The highest BCUT2D eigenvalue weighted by molar-refractivity contribution is 5.37. The van der Waals surface area contributed by atoms with Crippen molar-refractivity contribution in [3.63, 3.8) is 0 Å². The third kappa shape index (κ3) is 5.44. The molecule has 0 amide bonds. The SMILES string of the molecule is Cc1cc(C)c(CNCCCOC2CCCCC2)c(C)c1. The van der Waals surface area contributed by atoms with E-state index in [9.17, 15) is 0 Å². The van der Waals surface area contributed by atoms with E-state index in [1.807, 2.05) is 0 Å². The average molecular weight is 289 g/mol. The van der Waals surface area contributed by atoms with Gasteiger partial charge in [0, 0.05) is 13.2 Å². The standard InChI is InChI=1S/C19H31NO/c1-15-12-16(2)19(17(3)13-15)14-20-10-7-11-21-18-8-5-4-6-9-18/h12-13,18,20H,4-11,14H2,1-3H3. The maximum absolute atomic E-state index is 5.96. The van der Waals surface area contributed by atoms with E-state index in [1.54, 1.807) is 0 Å². The summed E-state index contributed by atoms with van der Waals surface area (Å²) in [5.41, 5.74) is 5.61. The van der Waals surface area contributed by atoms with Gasteiger partial charge in [-0.3, -0.25) is 0 Å². The maximum Gasteiger partial charge on any atom is 0.0575 e. The second-order valence-electron chi connectivity index (χ2n) is 6.54. The van der Waals surface area contributed by atoms with Gasteiger partial charge in [0.05, 0.1) is 6.10 Å². The molecule has 0 heterocycles. The molecule has 0 bridgehead atoms.